The fraction of sp³-hybridized carbons (Fsp3) is 0.438. The molecule has 0 spiro atoms. The van der Waals surface area contributed by atoms with Crippen molar-refractivity contribution in [3.05, 3.63) is 46.3 Å². The Morgan fingerprint density at radius 3 is 2.58 bits per heavy atom. The first-order valence-electron chi connectivity index (χ1n) is 7.07. The summed E-state index contributed by atoms with van der Waals surface area (Å²) in [4.78, 5) is 14.4. The van der Waals surface area contributed by atoms with Crippen molar-refractivity contribution in [1.82, 2.24) is 4.90 Å². The number of likely N-dealkylation sites (tertiary alicyclic amines) is 1. The molecule has 0 aliphatic carbocycles. The fourth-order valence-electron chi connectivity index (χ4n) is 2.75. The van der Waals surface area contributed by atoms with Crippen LogP contribution >= 0.6 is 0 Å². The molecule has 0 radical (unpaired) electrons. The Morgan fingerprint density at radius 1 is 1.05 bits per heavy atom. The van der Waals surface area contributed by atoms with Gasteiger partial charge >= 0.3 is 0 Å². The van der Waals surface area contributed by atoms with Crippen LogP contribution in [0.3, 0.4) is 0 Å². The van der Waals surface area contributed by atoms with Gasteiger partial charge in [-0.25, -0.2) is 0 Å². The number of hydrogen-bond donors (Lipinski definition) is 0. The van der Waals surface area contributed by atoms with Crippen LogP contribution in [0.2, 0.25) is 0 Å². The standard InChI is InChI=1S/C16H19NO2/c18-15-11-13(12-17-9-5-1-2-6-10-17)19-16-8-4-3-7-14(15)16/h3-4,7-8,11H,1-2,5-6,9-10,12H2. The van der Waals surface area contributed by atoms with Crippen molar-refractivity contribution < 1.29 is 4.42 Å². The Morgan fingerprint density at radius 2 is 1.79 bits per heavy atom. The Balaban J connectivity index is 1.86. The highest BCUT2D eigenvalue weighted by Crippen LogP contribution is 2.16. The van der Waals surface area contributed by atoms with E-state index in [4.69, 9.17) is 4.42 Å². The predicted octanol–water partition coefficient (Wildman–Crippen LogP) is 3.17. The third-order valence-corrected chi connectivity index (χ3v) is 3.76. The zero-order chi connectivity index (χ0) is 13.1. The number of fused-ring (bicyclic) bond motifs is 1. The molecule has 1 fully saturated rings. The highest BCUT2D eigenvalue weighted by Gasteiger charge is 2.12. The van der Waals surface area contributed by atoms with Gasteiger partial charge in [0.05, 0.1) is 11.9 Å². The SMILES string of the molecule is O=c1cc(CN2CCCCCC2)oc2ccccc12. The third-order valence-electron chi connectivity index (χ3n) is 3.76. The third kappa shape index (κ3) is 2.87. The molecule has 3 nitrogen and oxygen atoms in total. The van der Waals surface area contributed by atoms with E-state index in [9.17, 15) is 4.79 Å². The average Bonchev–Trinajstić information content (AvgIpc) is 2.67. The van der Waals surface area contributed by atoms with Gasteiger partial charge in [0.2, 0.25) is 0 Å². The molecule has 0 saturated carbocycles. The zero-order valence-corrected chi connectivity index (χ0v) is 11.1. The van der Waals surface area contributed by atoms with Crippen LogP contribution in [0.1, 0.15) is 31.4 Å². The molecule has 3 rings (SSSR count). The summed E-state index contributed by atoms with van der Waals surface area (Å²) in [5, 5.41) is 0.669. The van der Waals surface area contributed by atoms with E-state index in [2.05, 4.69) is 4.90 Å². The summed E-state index contributed by atoms with van der Waals surface area (Å²) in [6.07, 6.45) is 5.13. The molecular formula is C16H19NO2. The molecule has 1 saturated heterocycles. The van der Waals surface area contributed by atoms with E-state index < -0.39 is 0 Å². The highest BCUT2D eigenvalue weighted by molar-refractivity contribution is 5.76. The van der Waals surface area contributed by atoms with Crippen LogP contribution in [-0.4, -0.2) is 18.0 Å². The maximum absolute atomic E-state index is 12.0. The molecule has 2 heterocycles. The molecule has 100 valence electrons. The van der Waals surface area contributed by atoms with Gasteiger partial charge in [0, 0.05) is 6.07 Å². The van der Waals surface area contributed by atoms with Gasteiger partial charge < -0.3 is 4.42 Å². The maximum Gasteiger partial charge on any atom is 0.192 e. The Kier molecular flexibility index (Phi) is 3.65. The van der Waals surface area contributed by atoms with Gasteiger partial charge in [-0.2, -0.15) is 0 Å². The van der Waals surface area contributed by atoms with Crippen molar-refractivity contribution in [2.45, 2.75) is 32.2 Å². The quantitative estimate of drug-likeness (QED) is 0.828. The number of rotatable bonds is 2. The van der Waals surface area contributed by atoms with E-state index >= 15 is 0 Å². The second kappa shape index (κ2) is 5.57. The van der Waals surface area contributed by atoms with E-state index in [0.717, 1.165) is 25.4 Å². The lowest BCUT2D eigenvalue weighted by Gasteiger charge is -2.18. The molecule has 1 aromatic heterocycles. The van der Waals surface area contributed by atoms with Crippen molar-refractivity contribution in [3.8, 4) is 0 Å². The van der Waals surface area contributed by atoms with Crippen molar-refractivity contribution >= 4 is 11.0 Å². The normalized spacial score (nSPS) is 17.5. The number of para-hydroxylation sites is 1. The highest BCUT2D eigenvalue weighted by atomic mass is 16.3. The van der Waals surface area contributed by atoms with Crippen LogP contribution in [0.25, 0.3) is 11.0 Å². The first kappa shape index (κ1) is 12.4. The Labute approximate surface area is 112 Å². The second-order valence-corrected chi connectivity index (χ2v) is 5.26. The van der Waals surface area contributed by atoms with E-state index in [1.54, 1.807) is 6.07 Å². The number of nitrogens with zero attached hydrogens (tertiary/aromatic N) is 1. The average molecular weight is 257 g/mol. The Hall–Kier alpha value is -1.61. The molecule has 1 aliphatic rings. The van der Waals surface area contributed by atoms with Crippen molar-refractivity contribution in [2.24, 2.45) is 0 Å². The van der Waals surface area contributed by atoms with Gasteiger partial charge in [-0.15, -0.1) is 0 Å². The van der Waals surface area contributed by atoms with Gasteiger partial charge in [0.25, 0.3) is 0 Å². The molecule has 19 heavy (non-hydrogen) atoms. The summed E-state index contributed by atoms with van der Waals surface area (Å²) in [5.41, 5.74) is 0.756. The number of benzene rings is 1. The van der Waals surface area contributed by atoms with Crippen molar-refractivity contribution in [1.29, 1.82) is 0 Å². The molecule has 3 heteroatoms. The molecule has 0 unspecified atom stereocenters. The lowest BCUT2D eigenvalue weighted by atomic mass is 10.2. The van der Waals surface area contributed by atoms with Crippen molar-refractivity contribution in [2.75, 3.05) is 13.1 Å². The smallest absolute Gasteiger partial charge is 0.192 e. The molecule has 0 atom stereocenters. The Bertz CT molecular complexity index is 609. The molecule has 1 aliphatic heterocycles. The minimum Gasteiger partial charge on any atom is -0.459 e. The summed E-state index contributed by atoms with van der Waals surface area (Å²) in [5.74, 6) is 0.783. The van der Waals surface area contributed by atoms with E-state index in [1.807, 2.05) is 24.3 Å². The summed E-state index contributed by atoms with van der Waals surface area (Å²) >= 11 is 0. The second-order valence-electron chi connectivity index (χ2n) is 5.26. The van der Waals surface area contributed by atoms with Gasteiger partial charge in [0.1, 0.15) is 11.3 Å². The summed E-state index contributed by atoms with van der Waals surface area (Å²) < 4.78 is 5.84. The predicted molar refractivity (Wildman–Crippen MR) is 76.2 cm³/mol. The maximum atomic E-state index is 12.0. The first-order chi connectivity index (χ1) is 9.33. The number of hydrogen-bond acceptors (Lipinski definition) is 3. The van der Waals surface area contributed by atoms with Crippen LogP contribution in [0.4, 0.5) is 0 Å². The molecule has 0 amide bonds. The molecule has 0 N–H and O–H groups in total. The fourth-order valence-corrected chi connectivity index (χ4v) is 2.75. The largest absolute Gasteiger partial charge is 0.459 e. The summed E-state index contributed by atoms with van der Waals surface area (Å²) in [7, 11) is 0. The lowest BCUT2D eigenvalue weighted by molar-refractivity contribution is 0.254. The van der Waals surface area contributed by atoms with Crippen LogP contribution in [-0.2, 0) is 6.54 Å². The van der Waals surface area contributed by atoms with Gasteiger partial charge in [0.15, 0.2) is 5.43 Å². The summed E-state index contributed by atoms with van der Waals surface area (Å²) in [6, 6.07) is 9.10. The van der Waals surface area contributed by atoms with E-state index in [-0.39, 0.29) is 5.43 Å². The van der Waals surface area contributed by atoms with Crippen molar-refractivity contribution in [3.63, 3.8) is 0 Å². The molecular weight excluding hydrogens is 238 g/mol. The monoisotopic (exact) mass is 257 g/mol. The molecule has 1 aromatic carbocycles. The summed E-state index contributed by atoms with van der Waals surface area (Å²) in [6.45, 7) is 2.97. The van der Waals surface area contributed by atoms with Crippen LogP contribution < -0.4 is 5.43 Å². The van der Waals surface area contributed by atoms with E-state index in [1.165, 1.54) is 25.7 Å². The van der Waals surface area contributed by atoms with Gasteiger partial charge in [-0.05, 0) is 38.1 Å². The first-order valence-corrected chi connectivity index (χ1v) is 7.07. The molecule has 0 bridgehead atoms. The van der Waals surface area contributed by atoms with Crippen LogP contribution in [0.5, 0.6) is 0 Å². The van der Waals surface area contributed by atoms with Crippen LogP contribution in [0.15, 0.2) is 39.5 Å². The zero-order valence-electron chi connectivity index (χ0n) is 11.1. The minimum absolute atomic E-state index is 0.0617. The van der Waals surface area contributed by atoms with Gasteiger partial charge in [-0.1, -0.05) is 25.0 Å². The minimum atomic E-state index is 0.0617. The van der Waals surface area contributed by atoms with Crippen LogP contribution in [0, 0.1) is 0 Å². The van der Waals surface area contributed by atoms with E-state index in [0.29, 0.717) is 11.0 Å². The lowest BCUT2D eigenvalue weighted by Crippen LogP contribution is -2.24. The molecule has 2 aromatic rings. The topological polar surface area (TPSA) is 33.5 Å². The van der Waals surface area contributed by atoms with Gasteiger partial charge in [-0.3, -0.25) is 9.69 Å².